The van der Waals surface area contributed by atoms with Gasteiger partial charge in [-0.25, -0.2) is 13.9 Å². The van der Waals surface area contributed by atoms with E-state index >= 15 is 0 Å². The molecule has 3 rings (SSSR count). The molecule has 0 radical (unpaired) electrons. The molecule has 3 aromatic rings. The summed E-state index contributed by atoms with van der Waals surface area (Å²) in [7, 11) is 0. The summed E-state index contributed by atoms with van der Waals surface area (Å²) in [6, 6.07) is 4.01. The molecule has 0 spiro atoms. The molecule has 0 aliphatic rings. The van der Waals surface area contributed by atoms with Crippen LogP contribution >= 0.6 is 23.4 Å². The van der Waals surface area contributed by atoms with Gasteiger partial charge in [0.05, 0.1) is 12.1 Å². The maximum atomic E-state index is 13.8. The fraction of sp³-hybridized carbons (Fsp3) is 0.250. The number of aromatic nitrogens is 4. The minimum absolute atomic E-state index is 0.0427. The van der Waals surface area contributed by atoms with Crippen LogP contribution in [0, 0.1) is 19.7 Å². The summed E-state index contributed by atoms with van der Waals surface area (Å²) in [5.74, 6) is -0.413. The average molecular weight is 380 g/mol. The van der Waals surface area contributed by atoms with Gasteiger partial charge in [0, 0.05) is 22.0 Å². The third kappa shape index (κ3) is 3.59. The first-order chi connectivity index (χ1) is 11.9. The minimum atomic E-state index is -0.541. The lowest BCUT2D eigenvalue weighted by molar-refractivity contribution is -0.115. The molecule has 130 valence electrons. The van der Waals surface area contributed by atoms with Gasteiger partial charge < -0.3 is 5.32 Å². The number of carbonyl (C=O) groups is 1. The number of aryl methyl sites for hydroxylation is 2. The van der Waals surface area contributed by atoms with Gasteiger partial charge >= 0.3 is 0 Å². The van der Waals surface area contributed by atoms with Gasteiger partial charge in [0.2, 0.25) is 11.1 Å². The van der Waals surface area contributed by atoms with Gasteiger partial charge in [0.15, 0.2) is 0 Å². The van der Waals surface area contributed by atoms with Crippen LogP contribution in [-0.4, -0.2) is 31.7 Å². The second-order valence-corrected chi connectivity index (χ2v) is 6.63. The van der Waals surface area contributed by atoms with Crippen LogP contribution in [0.2, 0.25) is 5.02 Å². The van der Waals surface area contributed by atoms with Gasteiger partial charge in [-0.05, 0) is 38.3 Å². The predicted octanol–water partition coefficient (Wildman–Crippen LogP) is 3.44. The number of hydrogen-bond donors (Lipinski definition) is 1. The van der Waals surface area contributed by atoms with E-state index in [4.69, 9.17) is 11.6 Å². The van der Waals surface area contributed by atoms with Crippen molar-refractivity contribution in [3.63, 3.8) is 0 Å². The Morgan fingerprint density at radius 3 is 2.84 bits per heavy atom. The summed E-state index contributed by atoms with van der Waals surface area (Å²) in [5, 5.41) is 7.84. The summed E-state index contributed by atoms with van der Waals surface area (Å²) < 4.78 is 15.4. The lowest BCUT2D eigenvalue weighted by Crippen LogP contribution is -2.18. The van der Waals surface area contributed by atoms with E-state index in [2.05, 4.69) is 20.4 Å². The van der Waals surface area contributed by atoms with Gasteiger partial charge in [-0.1, -0.05) is 23.4 Å². The standard InChI is InChI=1S/C16H15ClFN5OS/c1-8-11(9(2)23-15(19-8)21-16(22-23)25-3)7-14(24)20-13-6-10(17)4-5-12(13)18/h4-6H,7H2,1-3H3,(H,20,24). The van der Waals surface area contributed by atoms with Crippen molar-refractivity contribution >= 4 is 40.7 Å². The molecule has 0 aliphatic heterocycles. The Labute approximate surface area is 152 Å². The van der Waals surface area contributed by atoms with Crippen LogP contribution in [0.1, 0.15) is 17.0 Å². The summed E-state index contributed by atoms with van der Waals surface area (Å²) >= 11 is 7.26. The molecule has 0 saturated heterocycles. The van der Waals surface area contributed by atoms with Crippen molar-refractivity contribution < 1.29 is 9.18 Å². The second-order valence-electron chi connectivity index (χ2n) is 5.42. The number of fused-ring (bicyclic) bond motifs is 1. The van der Waals surface area contributed by atoms with Gasteiger partial charge in [-0.3, -0.25) is 4.79 Å². The molecule has 2 aromatic heterocycles. The summed E-state index contributed by atoms with van der Waals surface area (Å²) in [4.78, 5) is 21.0. The molecule has 0 atom stereocenters. The molecule has 0 bridgehead atoms. The number of anilines is 1. The summed E-state index contributed by atoms with van der Waals surface area (Å²) in [5.41, 5.74) is 2.24. The maximum Gasteiger partial charge on any atom is 0.253 e. The van der Waals surface area contributed by atoms with Crippen molar-refractivity contribution in [2.45, 2.75) is 25.4 Å². The number of hydrogen-bond acceptors (Lipinski definition) is 5. The average Bonchev–Trinajstić information content (AvgIpc) is 2.98. The quantitative estimate of drug-likeness (QED) is 0.703. The highest BCUT2D eigenvalue weighted by atomic mass is 35.5. The first-order valence-electron chi connectivity index (χ1n) is 7.40. The van der Waals surface area contributed by atoms with Gasteiger partial charge in [-0.15, -0.1) is 5.10 Å². The highest BCUT2D eigenvalue weighted by Crippen LogP contribution is 2.21. The predicted molar refractivity (Wildman–Crippen MR) is 95.8 cm³/mol. The number of carbonyl (C=O) groups excluding carboxylic acids is 1. The van der Waals surface area contributed by atoms with Crippen LogP contribution < -0.4 is 5.32 Å². The Morgan fingerprint density at radius 1 is 1.36 bits per heavy atom. The molecule has 9 heteroatoms. The molecule has 0 fully saturated rings. The van der Waals surface area contributed by atoms with Crippen molar-refractivity contribution in [2.75, 3.05) is 11.6 Å². The number of halogens is 2. The second kappa shape index (κ2) is 6.97. The van der Waals surface area contributed by atoms with Gasteiger partial charge in [0.1, 0.15) is 5.82 Å². The smallest absolute Gasteiger partial charge is 0.253 e. The maximum absolute atomic E-state index is 13.8. The van der Waals surface area contributed by atoms with E-state index in [1.165, 1.54) is 30.0 Å². The molecule has 1 N–H and O–H groups in total. The van der Waals surface area contributed by atoms with E-state index in [9.17, 15) is 9.18 Å². The zero-order valence-electron chi connectivity index (χ0n) is 13.8. The van der Waals surface area contributed by atoms with Crippen molar-refractivity contribution in [1.82, 2.24) is 19.6 Å². The van der Waals surface area contributed by atoms with Gasteiger partial charge in [0.25, 0.3) is 5.78 Å². The first-order valence-corrected chi connectivity index (χ1v) is 9.01. The van der Waals surface area contributed by atoms with E-state index in [1.807, 2.05) is 20.1 Å². The number of nitrogens with zero attached hydrogens (tertiary/aromatic N) is 4. The molecule has 0 unspecified atom stereocenters. The lowest BCUT2D eigenvalue weighted by Gasteiger charge is -2.11. The van der Waals surface area contributed by atoms with Crippen LogP contribution in [0.5, 0.6) is 0 Å². The minimum Gasteiger partial charge on any atom is -0.323 e. The Kier molecular flexibility index (Phi) is 4.91. The third-order valence-electron chi connectivity index (χ3n) is 3.75. The van der Waals surface area contributed by atoms with Gasteiger partial charge in [-0.2, -0.15) is 4.98 Å². The zero-order valence-corrected chi connectivity index (χ0v) is 15.4. The highest BCUT2D eigenvalue weighted by Gasteiger charge is 2.17. The molecule has 6 nitrogen and oxygen atoms in total. The normalized spacial score (nSPS) is 11.1. The van der Waals surface area contributed by atoms with Crippen LogP contribution in [0.4, 0.5) is 10.1 Å². The SMILES string of the molecule is CSc1nc2nc(C)c(CC(=O)Nc3cc(Cl)ccc3F)c(C)n2n1. The monoisotopic (exact) mass is 379 g/mol. The van der Waals surface area contributed by atoms with Crippen LogP contribution in [-0.2, 0) is 11.2 Å². The van der Waals surface area contributed by atoms with E-state index < -0.39 is 5.82 Å². The number of rotatable bonds is 4. The Morgan fingerprint density at radius 2 is 2.12 bits per heavy atom. The van der Waals surface area contributed by atoms with E-state index in [1.54, 1.807) is 4.52 Å². The first kappa shape index (κ1) is 17.6. The van der Waals surface area contributed by atoms with Crippen molar-refractivity contribution in [2.24, 2.45) is 0 Å². The molecule has 25 heavy (non-hydrogen) atoms. The van der Waals surface area contributed by atoms with Crippen molar-refractivity contribution in [3.8, 4) is 0 Å². The van der Waals surface area contributed by atoms with Crippen LogP contribution in [0.3, 0.4) is 0 Å². The molecule has 0 aliphatic carbocycles. The van der Waals surface area contributed by atoms with E-state index in [0.29, 0.717) is 21.7 Å². The fourth-order valence-electron chi connectivity index (χ4n) is 2.48. The van der Waals surface area contributed by atoms with Crippen molar-refractivity contribution in [3.05, 3.63) is 46.0 Å². The molecule has 0 saturated carbocycles. The molecular weight excluding hydrogens is 365 g/mol. The number of thioether (sulfide) groups is 1. The Hall–Kier alpha value is -2.19. The van der Waals surface area contributed by atoms with Crippen molar-refractivity contribution in [1.29, 1.82) is 0 Å². The van der Waals surface area contributed by atoms with E-state index in [0.717, 1.165) is 11.3 Å². The van der Waals surface area contributed by atoms with E-state index in [-0.39, 0.29) is 18.0 Å². The topological polar surface area (TPSA) is 72.2 Å². The Balaban J connectivity index is 1.89. The number of amides is 1. The fourth-order valence-corrected chi connectivity index (χ4v) is 2.99. The number of nitrogens with one attached hydrogen (secondary N) is 1. The highest BCUT2D eigenvalue weighted by molar-refractivity contribution is 7.98. The third-order valence-corrected chi connectivity index (χ3v) is 4.53. The molecule has 1 amide bonds. The molecule has 1 aromatic carbocycles. The summed E-state index contributed by atoms with van der Waals surface area (Å²) in [6.45, 7) is 3.66. The Bertz CT molecular complexity index is 975. The largest absolute Gasteiger partial charge is 0.323 e. The van der Waals surface area contributed by atoms with Crippen LogP contribution in [0.25, 0.3) is 5.78 Å². The lowest BCUT2D eigenvalue weighted by atomic mass is 10.1. The molecule has 2 heterocycles. The number of benzene rings is 1. The van der Waals surface area contributed by atoms with Crippen LogP contribution in [0.15, 0.2) is 23.4 Å². The summed E-state index contributed by atoms with van der Waals surface area (Å²) in [6.07, 6.45) is 1.92. The zero-order chi connectivity index (χ0) is 18.1. The molecular formula is C16H15ClFN5OS.